The van der Waals surface area contributed by atoms with Gasteiger partial charge in [-0.2, -0.15) is 0 Å². The Morgan fingerprint density at radius 2 is 2.00 bits per heavy atom. The number of nitrogens with one attached hydrogen (secondary N) is 1. The maximum absolute atomic E-state index is 12.1. The molecule has 0 saturated carbocycles. The highest BCUT2D eigenvalue weighted by molar-refractivity contribution is 5.99. The van der Waals surface area contributed by atoms with Crippen LogP contribution in [0, 0.1) is 0 Å². The van der Waals surface area contributed by atoms with Crippen molar-refractivity contribution < 1.29 is 9.59 Å². The van der Waals surface area contributed by atoms with E-state index in [2.05, 4.69) is 5.32 Å². The number of amides is 1. The first-order chi connectivity index (χ1) is 9.15. The highest BCUT2D eigenvalue weighted by Crippen LogP contribution is 2.14. The molecule has 102 valence electrons. The summed E-state index contributed by atoms with van der Waals surface area (Å²) in [7, 11) is 1.96. The van der Waals surface area contributed by atoms with Gasteiger partial charge in [-0.15, -0.1) is 0 Å². The Balaban J connectivity index is 2.18. The summed E-state index contributed by atoms with van der Waals surface area (Å²) in [6, 6.07) is 7.18. The first-order valence-corrected chi connectivity index (χ1v) is 6.77. The second-order valence-corrected chi connectivity index (χ2v) is 5.10. The van der Waals surface area contributed by atoms with Crippen LogP contribution in [0.25, 0.3) is 0 Å². The Kier molecular flexibility index (Phi) is 4.68. The maximum Gasteiger partial charge on any atom is 0.224 e. The molecule has 1 aliphatic heterocycles. The molecule has 1 N–H and O–H groups in total. The molecule has 1 amide bonds. The second kappa shape index (κ2) is 6.48. The van der Waals surface area contributed by atoms with Crippen molar-refractivity contribution in [2.24, 2.45) is 0 Å². The van der Waals surface area contributed by atoms with Crippen molar-refractivity contribution in [3.63, 3.8) is 0 Å². The molecule has 1 aromatic carbocycles. The Hall–Kier alpha value is -1.68. The zero-order valence-corrected chi connectivity index (χ0v) is 11.3. The summed E-state index contributed by atoms with van der Waals surface area (Å²) in [5.74, 6) is 0.120. The van der Waals surface area contributed by atoms with Crippen LogP contribution in [-0.4, -0.2) is 36.7 Å². The van der Waals surface area contributed by atoms with Crippen LogP contribution in [-0.2, 0) is 4.79 Å². The van der Waals surface area contributed by atoms with E-state index in [9.17, 15) is 9.59 Å². The molecule has 0 fully saturated rings. The van der Waals surface area contributed by atoms with Crippen molar-refractivity contribution in [1.82, 2.24) is 4.90 Å². The van der Waals surface area contributed by atoms with Crippen LogP contribution >= 0.6 is 0 Å². The summed E-state index contributed by atoms with van der Waals surface area (Å²) in [6.45, 7) is 1.32. The number of hydrogen-bond acceptors (Lipinski definition) is 3. The number of benzene rings is 1. The third-order valence-corrected chi connectivity index (χ3v) is 3.33. The first-order valence-electron chi connectivity index (χ1n) is 6.77. The first kappa shape index (κ1) is 13.7. The minimum Gasteiger partial charge on any atom is -0.326 e. The van der Waals surface area contributed by atoms with Crippen LogP contribution in [0.5, 0.6) is 0 Å². The molecule has 1 aromatic rings. The highest BCUT2D eigenvalue weighted by atomic mass is 16.1. The van der Waals surface area contributed by atoms with Crippen LogP contribution in [0.2, 0.25) is 0 Å². The van der Waals surface area contributed by atoms with Gasteiger partial charge in [-0.3, -0.25) is 14.5 Å². The fourth-order valence-corrected chi connectivity index (χ4v) is 2.25. The van der Waals surface area contributed by atoms with Gasteiger partial charge in [-0.25, -0.2) is 0 Å². The van der Waals surface area contributed by atoms with E-state index >= 15 is 0 Å². The number of carbonyl (C=O) groups excluding carboxylic acids is 2. The molecule has 0 spiro atoms. The van der Waals surface area contributed by atoms with Crippen LogP contribution in [0.15, 0.2) is 24.3 Å². The predicted octanol–water partition coefficient (Wildman–Crippen LogP) is 2.31. The molecule has 0 atom stereocenters. The van der Waals surface area contributed by atoms with Gasteiger partial charge in [-0.05, 0) is 38.6 Å². The third kappa shape index (κ3) is 4.17. The molecule has 0 unspecified atom stereocenters. The number of fused-ring (bicyclic) bond motifs is 2. The molecule has 4 nitrogen and oxygen atoms in total. The molecule has 0 radical (unpaired) electrons. The minimum atomic E-state index is 0.0252. The maximum atomic E-state index is 12.1. The number of Topliss-reactive ketones (excluding diaryl/α,β-unsaturated/α-hetero) is 1. The highest BCUT2D eigenvalue weighted by Gasteiger charge is 2.11. The second-order valence-electron chi connectivity index (χ2n) is 5.10. The van der Waals surface area contributed by atoms with Gasteiger partial charge < -0.3 is 5.32 Å². The zero-order valence-electron chi connectivity index (χ0n) is 11.3. The Morgan fingerprint density at radius 1 is 1.16 bits per heavy atom. The van der Waals surface area contributed by atoms with Crippen LogP contribution in [0.1, 0.15) is 36.0 Å². The Labute approximate surface area is 113 Å². The fourth-order valence-electron chi connectivity index (χ4n) is 2.25. The monoisotopic (exact) mass is 260 g/mol. The van der Waals surface area contributed by atoms with E-state index < -0.39 is 0 Å². The molecule has 0 aromatic heterocycles. The molecule has 4 heteroatoms. The van der Waals surface area contributed by atoms with E-state index in [1.54, 1.807) is 12.1 Å². The molecule has 1 heterocycles. The predicted molar refractivity (Wildman–Crippen MR) is 75.4 cm³/mol. The van der Waals surface area contributed by atoms with Crippen molar-refractivity contribution in [2.45, 2.75) is 25.7 Å². The average Bonchev–Trinajstić information content (AvgIpc) is 2.38. The minimum absolute atomic E-state index is 0.0252. The molecule has 2 rings (SSSR count). The van der Waals surface area contributed by atoms with E-state index in [0.717, 1.165) is 25.8 Å². The molecule has 2 bridgehead atoms. The van der Waals surface area contributed by atoms with E-state index in [-0.39, 0.29) is 11.7 Å². The van der Waals surface area contributed by atoms with E-state index in [0.29, 0.717) is 24.2 Å². The number of ketones is 1. The smallest absolute Gasteiger partial charge is 0.224 e. The Morgan fingerprint density at radius 3 is 2.84 bits per heavy atom. The van der Waals surface area contributed by atoms with E-state index in [4.69, 9.17) is 0 Å². The number of rotatable bonds is 0. The summed E-state index contributed by atoms with van der Waals surface area (Å²) in [5.41, 5.74) is 1.36. The van der Waals surface area contributed by atoms with Crippen LogP contribution in [0.4, 0.5) is 5.69 Å². The van der Waals surface area contributed by atoms with Gasteiger partial charge in [0.25, 0.3) is 0 Å². The fraction of sp³-hybridized carbons (Fsp3) is 0.467. The Bertz CT molecular complexity index is 471. The third-order valence-electron chi connectivity index (χ3n) is 3.33. The van der Waals surface area contributed by atoms with Crippen molar-refractivity contribution >= 4 is 17.4 Å². The summed E-state index contributed by atoms with van der Waals surface area (Å²) in [6.07, 6.45) is 3.48. The lowest BCUT2D eigenvalue weighted by Crippen LogP contribution is -2.27. The summed E-state index contributed by atoms with van der Waals surface area (Å²) < 4.78 is 0. The van der Waals surface area contributed by atoms with Gasteiger partial charge in [0.15, 0.2) is 5.78 Å². The number of hydrogen-bond donors (Lipinski definition) is 1. The van der Waals surface area contributed by atoms with Crippen molar-refractivity contribution in [3.05, 3.63) is 29.8 Å². The zero-order chi connectivity index (χ0) is 13.7. The van der Waals surface area contributed by atoms with E-state index in [1.165, 1.54) is 0 Å². The quantitative estimate of drug-likeness (QED) is 0.778. The number of anilines is 1. The van der Waals surface area contributed by atoms with Gasteiger partial charge in [0, 0.05) is 17.7 Å². The van der Waals surface area contributed by atoms with Gasteiger partial charge in [0.2, 0.25) is 5.91 Å². The van der Waals surface area contributed by atoms with Crippen molar-refractivity contribution in [1.29, 1.82) is 0 Å². The largest absolute Gasteiger partial charge is 0.326 e. The number of nitrogens with zero attached hydrogens (tertiary/aromatic N) is 1. The van der Waals surface area contributed by atoms with Gasteiger partial charge in [0.1, 0.15) is 0 Å². The van der Waals surface area contributed by atoms with Crippen LogP contribution < -0.4 is 5.32 Å². The van der Waals surface area contributed by atoms with Gasteiger partial charge in [0.05, 0.1) is 6.54 Å². The standard InChI is InChI=1S/C15H20N2O2/c1-17-9-4-2-3-8-15(19)16-13-7-5-6-12(10-13)14(18)11-17/h5-7,10H,2-4,8-9,11H2,1H3,(H,16,19). The number of likely N-dealkylation sites (N-methyl/N-ethyl adjacent to an activating group) is 1. The van der Waals surface area contributed by atoms with Gasteiger partial charge in [-0.1, -0.05) is 18.6 Å². The molecular weight excluding hydrogens is 240 g/mol. The summed E-state index contributed by atoms with van der Waals surface area (Å²) in [5, 5.41) is 2.85. The van der Waals surface area contributed by atoms with Gasteiger partial charge >= 0.3 is 0 Å². The molecular formula is C15H20N2O2. The molecule has 1 aliphatic rings. The number of carbonyl (C=O) groups is 2. The SMILES string of the molecule is CN1CCCCCC(=O)Nc2cccc(c2)C(=O)C1. The van der Waals surface area contributed by atoms with Crippen molar-refractivity contribution in [3.8, 4) is 0 Å². The average molecular weight is 260 g/mol. The topological polar surface area (TPSA) is 49.4 Å². The van der Waals surface area contributed by atoms with Crippen molar-refractivity contribution in [2.75, 3.05) is 25.5 Å². The normalized spacial score (nSPS) is 19.0. The van der Waals surface area contributed by atoms with Crippen LogP contribution in [0.3, 0.4) is 0 Å². The lowest BCUT2D eigenvalue weighted by atomic mass is 10.1. The van der Waals surface area contributed by atoms with E-state index in [1.807, 2.05) is 24.1 Å². The molecule has 19 heavy (non-hydrogen) atoms. The molecule has 0 saturated heterocycles. The summed E-state index contributed by atoms with van der Waals surface area (Å²) >= 11 is 0. The summed E-state index contributed by atoms with van der Waals surface area (Å²) in [4.78, 5) is 25.9. The molecule has 0 aliphatic carbocycles. The lowest BCUT2D eigenvalue weighted by molar-refractivity contribution is -0.116. The lowest BCUT2D eigenvalue weighted by Gasteiger charge is -2.15.